The van der Waals surface area contributed by atoms with Crippen molar-refractivity contribution < 1.29 is 9.53 Å². The second kappa shape index (κ2) is 11.6. The number of carbonyl (C=O) groups excluding carboxylic acids is 1. The van der Waals surface area contributed by atoms with Gasteiger partial charge >= 0.3 is 6.09 Å². The van der Waals surface area contributed by atoms with E-state index in [2.05, 4.69) is 40.1 Å². The molecule has 0 aliphatic carbocycles. The molecule has 1 rings (SSSR count). The first-order chi connectivity index (χ1) is 11.2. The van der Waals surface area contributed by atoms with E-state index in [0.29, 0.717) is 19.0 Å². The summed E-state index contributed by atoms with van der Waals surface area (Å²) in [6.07, 6.45) is -0.321. The summed E-state index contributed by atoms with van der Waals surface area (Å²) in [6, 6.07) is 4.21. The fourth-order valence-corrected chi connectivity index (χ4v) is 2.70. The fourth-order valence-electron chi connectivity index (χ4n) is 1.92. The summed E-state index contributed by atoms with van der Waals surface area (Å²) in [5, 5.41) is 8.61. The topological polar surface area (TPSA) is 66.0 Å². The van der Waals surface area contributed by atoms with E-state index < -0.39 is 5.60 Å². The first-order valence-corrected chi connectivity index (χ1v) is 9.03. The maximum absolute atomic E-state index is 11.9. The van der Waals surface area contributed by atoms with Crippen molar-refractivity contribution in [2.45, 2.75) is 39.2 Å². The molecule has 0 aromatic carbocycles. The van der Waals surface area contributed by atoms with Crippen LogP contribution >= 0.6 is 35.3 Å². The number of thiophene rings is 1. The van der Waals surface area contributed by atoms with Crippen molar-refractivity contribution in [3.05, 3.63) is 22.4 Å². The van der Waals surface area contributed by atoms with Crippen LogP contribution in [0.5, 0.6) is 0 Å². The second-order valence-electron chi connectivity index (χ2n) is 6.70. The molecular weight excluding hydrogens is 451 g/mol. The number of nitrogens with zero attached hydrogens (tertiary/aromatic N) is 2. The Morgan fingerprint density at radius 3 is 2.60 bits per heavy atom. The molecule has 8 heteroatoms. The van der Waals surface area contributed by atoms with Gasteiger partial charge in [0.1, 0.15) is 5.60 Å². The molecule has 0 fully saturated rings. The zero-order valence-corrected chi connectivity index (χ0v) is 19.1. The number of hydrogen-bond donors (Lipinski definition) is 2. The van der Waals surface area contributed by atoms with Gasteiger partial charge < -0.3 is 20.3 Å². The third-order valence-electron chi connectivity index (χ3n) is 3.27. The maximum atomic E-state index is 11.9. The predicted octanol–water partition coefficient (Wildman–Crippen LogP) is 3.50. The van der Waals surface area contributed by atoms with Gasteiger partial charge in [-0.3, -0.25) is 4.99 Å². The molecule has 0 saturated carbocycles. The Hall–Kier alpha value is -1.03. The number of amides is 1. The minimum atomic E-state index is -0.478. The van der Waals surface area contributed by atoms with Gasteiger partial charge in [-0.25, -0.2) is 4.79 Å². The van der Waals surface area contributed by atoms with Crippen LogP contribution in [0.1, 0.15) is 38.5 Å². The van der Waals surface area contributed by atoms with Crippen LogP contribution in [0.4, 0.5) is 4.79 Å². The molecule has 0 aliphatic rings. The Morgan fingerprint density at radius 1 is 1.40 bits per heavy atom. The Kier molecular flexibility index (Phi) is 11.1. The van der Waals surface area contributed by atoms with E-state index in [1.165, 1.54) is 4.88 Å². The Balaban J connectivity index is 0.00000576. The van der Waals surface area contributed by atoms with Crippen molar-refractivity contribution in [2.75, 3.05) is 33.7 Å². The Morgan fingerprint density at radius 2 is 2.08 bits per heavy atom. The molecule has 144 valence electrons. The van der Waals surface area contributed by atoms with Crippen molar-refractivity contribution in [1.82, 2.24) is 15.5 Å². The normalized spacial score (nSPS) is 12.8. The summed E-state index contributed by atoms with van der Waals surface area (Å²) in [7, 11) is 3.47. The van der Waals surface area contributed by atoms with Gasteiger partial charge in [-0.1, -0.05) is 13.0 Å². The molecule has 0 bridgehead atoms. The third-order valence-corrected chi connectivity index (χ3v) is 4.38. The lowest BCUT2D eigenvalue weighted by molar-refractivity contribution is 0.0302. The van der Waals surface area contributed by atoms with Gasteiger partial charge in [0, 0.05) is 44.5 Å². The van der Waals surface area contributed by atoms with E-state index in [-0.39, 0.29) is 30.1 Å². The molecule has 0 radical (unpaired) electrons. The quantitative estimate of drug-likeness (QED) is 0.370. The molecule has 1 aromatic heterocycles. The van der Waals surface area contributed by atoms with Gasteiger partial charge in [0.25, 0.3) is 0 Å². The third kappa shape index (κ3) is 9.88. The summed E-state index contributed by atoms with van der Waals surface area (Å²) in [5.41, 5.74) is -0.478. The van der Waals surface area contributed by atoms with Gasteiger partial charge in [0.2, 0.25) is 0 Å². The first kappa shape index (κ1) is 24.0. The highest BCUT2D eigenvalue weighted by Gasteiger charge is 2.19. The number of aliphatic imine (C=N–C) groups is 1. The number of guanidine groups is 1. The average molecular weight is 482 g/mol. The van der Waals surface area contributed by atoms with Crippen molar-refractivity contribution >= 4 is 47.4 Å². The van der Waals surface area contributed by atoms with E-state index >= 15 is 0 Å². The summed E-state index contributed by atoms with van der Waals surface area (Å²) in [5.74, 6) is 1.16. The van der Waals surface area contributed by atoms with Crippen molar-refractivity contribution in [2.24, 2.45) is 4.99 Å². The fraction of sp³-hybridized carbons (Fsp3) is 0.647. The minimum absolute atomic E-state index is 0. The highest BCUT2D eigenvalue weighted by molar-refractivity contribution is 14.0. The van der Waals surface area contributed by atoms with Crippen LogP contribution in [0.3, 0.4) is 0 Å². The van der Waals surface area contributed by atoms with Gasteiger partial charge in [-0.2, -0.15) is 0 Å². The van der Waals surface area contributed by atoms with E-state index in [0.717, 1.165) is 12.5 Å². The molecule has 1 aromatic rings. The molecular formula is C17H31IN4O2S. The molecule has 0 spiro atoms. The van der Waals surface area contributed by atoms with E-state index in [1.54, 1.807) is 30.3 Å². The largest absolute Gasteiger partial charge is 0.444 e. The highest BCUT2D eigenvalue weighted by Crippen LogP contribution is 2.19. The van der Waals surface area contributed by atoms with Crippen LogP contribution in [0.2, 0.25) is 0 Å². The van der Waals surface area contributed by atoms with Crippen LogP contribution in [0, 0.1) is 0 Å². The van der Waals surface area contributed by atoms with E-state index in [4.69, 9.17) is 4.74 Å². The summed E-state index contributed by atoms with van der Waals surface area (Å²) >= 11 is 1.76. The lowest BCUT2D eigenvalue weighted by Gasteiger charge is -2.25. The van der Waals surface area contributed by atoms with Crippen molar-refractivity contribution in [1.29, 1.82) is 0 Å². The Labute approximate surface area is 172 Å². The molecule has 0 saturated heterocycles. The number of nitrogens with one attached hydrogen (secondary N) is 2. The van der Waals surface area contributed by atoms with Crippen LogP contribution in [0.15, 0.2) is 22.5 Å². The molecule has 1 atom stereocenters. The van der Waals surface area contributed by atoms with Gasteiger partial charge in [-0.15, -0.1) is 35.3 Å². The smallest absolute Gasteiger partial charge is 0.410 e. The molecule has 0 aliphatic heterocycles. The van der Waals surface area contributed by atoms with Gasteiger partial charge in [0.15, 0.2) is 5.96 Å². The van der Waals surface area contributed by atoms with Gasteiger partial charge in [-0.05, 0) is 32.2 Å². The monoisotopic (exact) mass is 482 g/mol. The SMILES string of the molecule is CN=C(NCCN(C)C(=O)OC(C)(C)C)NCC(C)c1cccs1.I. The van der Waals surface area contributed by atoms with Crippen molar-refractivity contribution in [3.63, 3.8) is 0 Å². The molecule has 25 heavy (non-hydrogen) atoms. The first-order valence-electron chi connectivity index (χ1n) is 8.15. The second-order valence-corrected chi connectivity index (χ2v) is 7.68. The number of carbonyl (C=O) groups is 1. The van der Waals surface area contributed by atoms with Crippen LogP contribution in [-0.2, 0) is 4.74 Å². The molecule has 6 nitrogen and oxygen atoms in total. The molecule has 1 heterocycles. The Bertz CT molecular complexity index is 529. The van der Waals surface area contributed by atoms with Crippen LogP contribution in [-0.4, -0.2) is 56.3 Å². The van der Waals surface area contributed by atoms with Crippen LogP contribution in [0.25, 0.3) is 0 Å². The summed E-state index contributed by atoms with van der Waals surface area (Å²) in [4.78, 5) is 19.0. The molecule has 1 amide bonds. The number of hydrogen-bond acceptors (Lipinski definition) is 4. The standard InChI is InChI=1S/C17H30N4O2S.HI/c1-13(14-8-7-11-24-14)12-20-15(18-5)19-9-10-21(6)16(22)23-17(2,3)4;/h7-8,11,13H,9-10,12H2,1-6H3,(H2,18,19,20);1H. The average Bonchev–Trinajstić information content (AvgIpc) is 3.02. The maximum Gasteiger partial charge on any atom is 0.410 e. The van der Waals surface area contributed by atoms with Crippen LogP contribution < -0.4 is 10.6 Å². The number of likely N-dealkylation sites (N-methyl/N-ethyl adjacent to an activating group) is 1. The van der Waals surface area contributed by atoms with E-state index in [1.807, 2.05) is 20.8 Å². The zero-order chi connectivity index (χ0) is 18.2. The van der Waals surface area contributed by atoms with Gasteiger partial charge in [0.05, 0.1) is 0 Å². The summed E-state index contributed by atoms with van der Waals surface area (Å²) in [6.45, 7) is 9.70. The van der Waals surface area contributed by atoms with E-state index in [9.17, 15) is 4.79 Å². The highest BCUT2D eigenvalue weighted by atomic mass is 127. The molecule has 2 N–H and O–H groups in total. The van der Waals surface area contributed by atoms with Crippen molar-refractivity contribution in [3.8, 4) is 0 Å². The number of ether oxygens (including phenoxy) is 1. The summed E-state index contributed by atoms with van der Waals surface area (Å²) < 4.78 is 5.32. The number of halogens is 1. The lowest BCUT2D eigenvalue weighted by atomic mass is 10.1. The zero-order valence-electron chi connectivity index (χ0n) is 16.0. The minimum Gasteiger partial charge on any atom is -0.444 e. The number of rotatable bonds is 6. The lowest BCUT2D eigenvalue weighted by Crippen LogP contribution is -2.43. The molecule has 1 unspecified atom stereocenters. The predicted molar refractivity (Wildman–Crippen MR) is 116 cm³/mol.